The van der Waals surface area contributed by atoms with E-state index in [-0.39, 0.29) is 5.75 Å². The Kier molecular flexibility index (Phi) is 1.77. The highest BCUT2D eigenvalue weighted by atomic mass is 16.3. The van der Waals surface area contributed by atoms with Crippen LogP contribution in [0.5, 0.6) is 5.75 Å². The first-order valence-electron chi connectivity index (χ1n) is 3.96. The molecule has 2 aromatic rings. The zero-order chi connectivity index (χ0) is 9.26. The molecule has 0 unspecified atom stereocenters. The summed E-state index contributed by atoms with van der Waals surface area (Å²) < 4.78 is 1.86. The molecule has 0 atom stereocenters. The van der Waals surface area contributed by atoms with E-state index in [9.17, 15) is 5.11 Å². The first-order valence-corrected chi connectivity index (χ1v) is 3.96. The lowest BCUT2D eigenvalue weighted by atomic mass is 10.2. The molecule has 1 N–H and O–H groups in total. The normalized spacial score (nSPS) is 10.2. The molecular weight excluding hydrogens is 164 g/mol. The lowest BCUT2D eigenvalue weighted by Gasteiger charge is -2.02. The van der Waals surface area contributed by atoms with Gasteiger partial charge in [0.1, 0.15) is 11.6 Å². The molecule has 0 aliphatic heterocycles. The van der Waals surface area contributed by atoms with E-state index in [2.05, 4.69) is 11.1 Å². The molecule has 0 amide bonds. The van der Waals surface area contributed by atoms with Gasteiger partial charge in [-0.2, -0.15) is 0 Å². The Bertz CT molecular complexity index is 420. The molecule has 3 heteroatoms. The van der Waals surface area contributed by atoms with Gasteiger partial charge in [-0.05, 0) is 18.2 Å². The van der Waals surface area contributed by atoms with Crippen molar-refractivity contribution in [2.45, 2.75) is 0 Å². The van der Waals surface area contributed by atoms with Crippen LogP contribution in [0.15, 0.2) is 30.6 Å². The molecule has 65 valence electrons. The number of hydrogen-bond donors (Lipinski definition) is 1. The van der Waals surface area contributed by atoms with E-state index in [1.807, 2.05) is 17.8 Å². The third-order valence-corrected chi connectivity index (χ3v) is 1.90. The zero-order valence-electron chi connectivity index (χ0n) is 7.23. The SMILES string of the molecule is Cn1ccnc1-c1cc[c]cc1O. The molecule has 3 nitrogen and oxygen atoms in total. The summed E-state index contributed by atoms with van der Waals surface area (Å²) in [6.07, 6.45) is 3.54. The van der Waals surface area contributed by atoms with Crippen LogP contribution in [0.3, 0.4) is 0 Å². The second-order valence-corrected chi connectivity index (χ2v) is 2.81. The predicted molar refractivity (Wildman–Crippen MR) is 49.1 cm³/mol. The lowest BCUT2D eigenvalue weighted by molar-refractivity contribution is 0.476. The van der Waals surface area contributed by atoms with Crippen molar-refractivity contribution in [2.75, 3.05) is 0 Å². The molecule has 1 aromatic heterocycles. The van der Waals surface area contributed by atoms with Gasteiger partial charge < -0.3 is 9.67 Å². The molecule has 0 fully saturated rings. The molecule has 0 spiro atoms. The topological polar surface area (TPSA) is 38.0 Å². The van der Waals surface area contributed by atoms with E-state index in [1.165, 1.54) is 6.07 Å². The fourth-order valence-electron chi connectivity index (χ4n) is 1.24. The van der Waals surface area contributed by atoms with Crippen molar-refractivity contribution in [3.8, 4) is 17.1 Å². The quantitative estimate of drug-likeness (QED) is 0.711. The van der Waals surface area contributed by atoms with Gasteiger partial charge in [0.2, 0.25) is 0 Å². The first kappa shape index (κ1) is 7.86. The average molecular weight is 173 g/mol. The summed E-state index contributed by atoms with van der Waals surface area (Å²) in [4.78, 5) is 4.14. The van der Waals surface area contributed by atoms with Crippen LogP contribution in [-0.4, -0.2) is 14.7 Å². The third kappa shape index (κ3) is 1.28. The van der Waals surface area contributed by atoms with Gasteiger partial charge in [0.15, 0.2) is 0 Å². The number of hydrogen-bond acceptors (Lipinski definition) is 2. The number of rotatable bonds is 1. The predicted octanol–water partition coefficient (Wildman–Crippen LogP) is 1.59. The van der Waals surface area contributed by atoms with Crippen LogP contribution in [0.25, 0.3) is 11.4 Å². The fourth-order valence-corrected chi connectivity index (χ4v) is 1.24. The molecule has 0 aliphatic rings. The van der Waals surface area contributed by atoms with Gasteiger partial charge in [0.25, 0.3) is 0 Å². The van der Waals surface area contributed by atoms with Gasteiger partial charge in [-0.15, -0.1) is 0 Å². The van der Waals surface area contributed by atoms with Crippen LogP contribution in [-0.2, 0) is 7.05 Å². The number of benzene rings is 1. The van der Waals surface area contributed by atoms with Gasteiger partial charge >= 0.3 is 0 Å². The van der Waals surface area contributed by atoms with E-state index in [0.29, 0.717) is 0 Å². The number of aromatic hydroxyl groups is 1. The molecule has 0 bridgehead atoms. The average Bonchev–Trinajstić information content (AvgIpc) is 2.52. The number of imidazole rings is 1. The molecule has 1 heterocycles. The molecule has 1 radical (unpaired) electrons. The highest BCUT2D eigenvalue weighted by molar-refractivity contribution is 5.63. The molecule has 13 heavy (non-hydrogen) atoms. The van der Waals surface area contributed by atoms with Crippen LogP contribution in [0.4, 0.5) is 0 Å². The Morgan fingerprint density at radius 1 is 1.54 bits per heavy atom. The molecular formula is C10H9N2O. The van der Waals surface area contributed by atoms with Crippen molar-refractivity contribution in [1.29, 1.82) is 0 Å². The van der Waals surface area contributed by atoms with Gasteiger partial charge in [0, 0.05) is 19.4 Å². The summed E-state index contributed by atoms with van der Waals surface area (Å²) in [6.45, 7) is 0. The number of aromatic nitrogens is 2. The smallest absolute Gasteiger partial charge is 0.143 e. The van der Waals surface area contributed by atoms with Crippen molar-refractivity contribution in [1.82, 2.24) is 9.55 Å². The summed E-state index contributed by atoms with van der Waals surface area (Å²) in [7, 11) is 1.89. The Morgan fingerprint density at radius 3 is 3.00 bits per heavy atom. The van der Waals surface area contributed by atoms with E-state index in [1.54, 1.807) is 18.3 Å². The zero-order valence-corrected chi connectivity index (χ0v) is 7.23. The second kappa shape index (κ2) is 2.94. The fraction of sp³-hybridized carbons (Fsp3) is 0.100. The van der Waals surface area contributed by atoms with E-state index in [0.717, 1.165) is 11.4 Å². The van der Waals surface area contributed by atoms with E-state index in [4.69, 9.17) is 0 Å². The maximum Gasteiger partial charge on any atom is 0.143 e. The minimum absolute atomic E-state index is 0.205. The highest BCUT2D eigenvalue weighted by Crippen LogP contribution is 2.25. The van der Waals surface area contributed by atoms with Gasteiger partial charge in [-0.3, -0.25) is 0 Å². The number of aryl methyl sites for hydroxylation is 1. The summed E-state index contributed by atoms with van der Waals surface area (Å²) >= 11 is 0. The Labute approximate surface area is 76.3 Å². The van der Waals surface area contributed by atoms with Crippen molar-refractivity contribution in [2.24, 2.45) is 7.05 Å². The van der Waals surface area contributed by atoms with Gasteiger partial charge in [-0.25, -0.2) is 4.98 Å². The monoisotopic (exact) mass is 173 g/mol. The molecule has 0 saturated heterocycles. The molecule has 0 aliphatic carbocycles. The van der Waals surface area contributed by atoms with Crippen LogP contribution in [0, 0.1) is 6.07 Å². The Morgan fingerprint density at radius 2 is 2.38 bits per heavy atom. The Hall–Kier alpha value is -1.77. The largest absolute Gasteiger partial charge is 0.507 e. The van der Waals surface area contributed by atoms with E-state index >= 15 is 0 Å². The van der Waals surface area contributed by atoms with Crippen molar-refractivity contribution < 1.29 is 5.11 Å². The maximum atomic E-state index is 9.52. The first-order chi connectivity index (χ1) is 6.29. The second-order valence-electron chi connectivity index (χ2n) is 2.81. The lowest BCUT2D eigenvalue weighted by Crippen LogP contribution is -1.90. The summed E-state index contributed by atoms with van der Waals surface area (Å²) in [5.74, 6) is 0.961. The van der Waals surface area contributed by atoms with Gasteiger partial charge in [0.05, 0.1) is 5.56 Å². The molecule has 0 saturated carbocycles. The van der Waals surface area contributed by atoms with Crippen molar-refractivity contribution in [3.63, 3.8) is 0 Å². The number of phenols is 1. The summed E-state index contributed by atoms with van der Waals surface area (Å²) in [6, 6.07) is 7.87. The molecule has 2 rings (SSSR count). The summed E-state index contributed by atoms with van der Waals surface area (Å²) in [5, 5.41) is 9.52. The highest BCUT2D eigenvalue weighted by Gasteiger charge is 2.06. The van der Waals surface area contributed by atoms with Crippen molar-refractivity contribution >= 4 is 0 Å². The van der Waals surface area contributed by atoms with Crippen LogP contribution < -0.4 is 0 Å². The van der Waals surface area contributed by atoms with Crippen LogP contribution >= 0.6 is 0 Å². The third-order valence-electron chi connectivity index (χ3n) is 1.90. The van der Waals surface area contributed by atoms with Crippen molar-refractivity contribution in [3.05, 3.63) is 36.7 Å². The Balaban J connectivity index is 2.59. The van der Waals surface area contributed by atoms with Crippen LogP contribution in [0.2, 0.25) is 0 Å². The van der Waals surface area contributed by atoms with Crippen LogP contribution in [0.1, 0.15) is 0 Å². The minimum atomic E-state index is 0.205. The maximum absolute atomic E-state index is 9.52. The standard InChI is InChI=1S/C10H9N2O/c1-12-7-6-11-10(12)8-4-2-3-5-9(8)13/h2,4-7,13H,1H3. The van der Waals surface area contributed by atoms with Gasteiger partial charge in [-0.1, -0.05) is 6.07 Å². The molecule has 1 aromatic carbocycles. The number of phenolic OH excluding ortho intramolecular Hbond substituents is 1. The minimum Gasteiger partial charge on any atom is -0.507 e. The van der Waals surface area contributed by atoms with E-state index < -0.39 is 0 Å². The summed E-state index contributed by atoms with van der Waals surface area (Å²) in [5.41, 5.74) is 0.728. The number of nitrogens with zero attached hydrogens (tertiary/aromatic N) is 2.